The lowest BCUT2D eigenvalue weighted by Gasteiger charge is -2.19. The Morgan fingerprint density at radius 2 is 1.54 bits per heavy atom. The molecular formula is C6H8F6O. The van der Waals surface area contributed by atoms with E-state index in [1.165, 1.54) is 0 Å². The molecule has 0 radical (unpaired) electrons. The maximum atomic E-state index is 11.8. The molecule has 0 aliphatic carbocycles. The molecule has 0 N–H and O–H groups in total. The maximum absolute atomic E-state index is 11.8. The summed E-state index contributed by atoms with van der Waals surface area (Å²) in [7, 11) is 0. The Bertz CT molecular complexity index is 148. The Balaban J connectivity index is 4.02. The van der Waals surface area contributed by atoms with Crippen LogP contribution in [-0.2, 0) is 4.74 Å². The smallest absolute Gasteiger partial charge is 0.359 e. The molecule has 0 saturated carbocycles. The van der Waals surface area contributed by atoms with E-state index in [0.717, 1.165) is 6.92 Å². The van der Waals surface area contributed by atoms with E-state index < -0.39 is 31.5 Å². The lowest BCUT2D eigenvalue weighted by Crippen LogP contribution is -2.34. The van der Waals surface area contributed by atoms with Gasteiger partial charge in [-0.1, -0.05) is 6.92 Å². The molecule has 0 bridgehead atoms. The molecule has 1 atom stereocenters. The van der Waals surface area contributed by atoms with E-state index in [-0.39, 0.29) is 0 Å². The Labute approximate surface area is 70.7 Å². The first-order valence-electron chi connectivity index (χ1n) is 3.42. The third kappa shape index (κ3) is 5.73. The second-order valence-corrected chi connectivity index (χ2v) is 2.36. The molecule has 13 heavy (non-hydrogen) atoms. The molecule has 7 heteroatoms. The van der Waals surface area contributed by atoms with Crippen molar-refractivity contribution in [1.29, 1.82) is 0 Å². The van der Waals surface area contributed by atoms with Crippen molar-refractivity contribution in [3.05, 3.63) is 0 Å². The van der Waals surface area contributed by atoms with Gasteiger partial charge in [0.15, 0.2) is 6.10 Å². The minimum absolute atomic E-state index is 0.528. The van der Waals surface area contributed by atoms with E-state index in [4.69, 9.17) is 0 Å². The standard InChI is InChI=1S/C6H8F6O/c1-2-4(6(10,11)12)13-3-5(7,8)9/h4H,2-3H2,1H3. The highest BCUT2D eigenvalue weighted by atomic mass is 19.4. The molecule has 80 valence electrons. The van der Waals surface area contributed by atoms with Gasteiger partial charge in [-0.05, 0) is 6.42 Å². The van der Waals surface area contributed by atoms with Gasteiger partial charge in [0.1, 0.15) is 6.61 Å². The van der Waals surface area contributed by atoms with Gasteiger partial charge in [-0.15, -0.1) is 0 Å². The first kappa shape index (κ1) is 12.5. The van der Waals surface area contributed by atoms with Crippen LogP contribution < -0.4 is 0 Å². The zero-order valence-corrected chi connectivity index (χ0v) is 6.67. The van der Waals surface area contributed by atoms with Crippen LogP contribution in [-0.4, -0.2) is 25.1 Å². The zero-order valence-electron chi connectivity index (χ0n) is 6.67. The molecule has 0 amide bonds. The van der Waals surface area contributed by atoms with Gasteiger partial charge in [-0.2, -0.15) is 26.3 Å². The SMILES string of the molecule is CCC(OCC(F)(F)F)C(F)(F)F. The molecule has 0 rings (SSSR count). The van der Waals surface area contributed by atoms with Crippen LogP contribution in [0.3, 0.4) is 0 Å². The van der Waals surface area contributed by atoms with E-state index in [2.05, 4.69) is 4.74 Å². The number of hydrogen-bond donors (Lipinski definition) is 0. The van der Waals surface area contributed by atoms with Crippen LogP contribution in [0.5, 0.6) is 0 Å². The van der Waals surface area contributed by atoms with Crippen molar-refractivity contribution in [1.82, 2.24) is 0 Å². The molecule has 1 unspecified atom stereocenters. The molecule has 0 aromatic rings. The minimum atomic E-state index is -4.74. The van der Waals surface area contributed by atoms with Crippen molar-refractivity contribution < 1.29 is 31.1 Å². The monoisotopic (exact) mass is 210 g/mol. The summed E-state index contributed by atoms with van der Waals surface area (Å²) in [6, 6.07) is 0. The molecule has 0 fully saturated rings. The number of ether oxygens (including phenoxy) is 1. The van der Waals surface area contributed by atoms with Gasteiger partial charge in [0, 0.05) is 0 Å². The van der Waals surface area contributed by atoms with Gasteiger partial charge in [-0.25, -0.2) is 0 Å². The van der Waals surface area contributed by atoms with Gasteiger partial charge in [0.2, 0.25) is 0 Å². The van der Waals surface area contributed by atoms with Crippen molar-refractivity contribution in [2.75, 3.05) is 6.61 Å². The fourth-order valence-electron chi connectivity index (χ4n) is 0.639. The Morgan fingerprint density at radius 3 is 1.77 bits per heavy atom. The van der Waals surface area contributed by atoms with E-state index in [0.29, 0.717) is 0 Å². The van der Waals surface area contributed by atoms with E-state index in [1.54, 1.807) is 0 Å². The van der Waals surface area contributed by atoms with Gasteiger partial charge >= 0.3 is 12.4 Å². The average molecular weight is 210 g/mol. The minimum Gasteiger partial charge on any atom is -0.359 e. The second kappa shape index (κ2) is 4.17. The molecule has 0 aliphatic rings. The molecule has 0 heterocycles. The highest BCUT2D eigenvalue weighted by Crippen LogP contribution is 2.27. The summed E-state index contributed by atoms with van der Waals surface area (Å²) < 4.78 is 73.4. The molecule has 0 spiro atoms. The van der Waals surface area contributed by atoms with Crippen LogP contribution in [0.2, 0.25) is 0 Å². The summed E-state index contributed by atoms with van der Waals surface area (Å²) in [5.74, 6) is 0. The number of alkyl halides is 6. The predicted molar refractivity (Wildman–Crippen MR) is 32.1 cm³/mol. The fourth-order valence-corrected chi connectivity index (χ4v) is 0.639. The highest BCUT2D eigenvalue weighted by Gasteiger charge is 2.41. The summed E-state index contributed by atoms with van der Waals surface area (Å²) in [5.41, 5.74) is 0. The number of halogens is 6. The lowest BCUT2D eigenvalue weighted by atomic mass is 10.3. The van der Waals surface area contributed by atoms with Crippen LogP contribution in [0.4, 0.5) is 26.3 Å². The van der Waals surface area contributed by atoms with Crippen LogP contribution in [0.1, 0.15) is 13.3 Å². The van der Waals surface area contributed by atoms with Crippen LogP contribution in [0, 0.1) is 0 Å². The van der Waals surface area contributed by atoms with Gasteiger partial charge < -0.3 is 4.74 Å². The average Bonchev–Trinajstić information content (AvgIpc) is 1.82. The Hall–Kier alpha value is -0.460. The van der Waals surface area contributed by atoms with E-state index >= 15 is 0 Å². The summed E-state index contributed by atoms with van der Waals surface area (Å²) in [4.78, 5) is 0. The van der Waals surface area contributed by atoms with Gasteiger partial charge in [-0.3, -0.25) is 0 Å². The predicted octanol–water partition coefficient (Wildman–Crippen LogP) is 2.91. The van der Waals surface area contributed by atoms with E-state index in [1.807, 2.05) is 0 Å². The maximum Gasteiger partial charge on any atom is 0.414 e. The van der Waals surface area contributed by atoms with Crippen molar-refractivity contribution >= 4 is 0 Å². The number of hydrogen-bond acceptors (Lipinski definition) is 1. The molecule has 0 aromatic heterocycles. The zero-order chi connectivity index (χ0) is 10.7. The van der Waals surface area contributed by atoms with E-state index in [9.17, 15) is 26.3 Å². The van der Waals surface area contributed by atoms with Crippen molar-refractivity contribution in [3.8, 4) is 0 Å². The van der Waals surface area contributed by atoms with Crippen LogP contribution >= 0.6 is 0 Å². The van der Waals surface area contributed by atoms with Crippen molar-refractivity contribution in [3.63, 3.8) is 0 Å². The third-order valence-corrected chi connectivity index (χ3v) is 1.18. The Kier molecular flexibility index (Phi) is 4.02. The molecule has 0 aliphatic heterocycles. The summed E-state index contributed by atoms with van der Waals surface area (Å²) in [6.45, 7) is -0.764. The molecule has 1 nitrogen and oxygen atoms in total. The topological polar surface area (TPSA) is 9.23 Å². The second-order valence-electron chi connectivity index (χ2n) is 2.36. The largest absolute Gasteiger partial charge is 0.414 e. The van der Waals surface area contributed by atoms with Gasteiger partial charge in [0.25, 0.3) is 0 Å². The summed E-state index contributed by atoms with van der Waals surface area (Å²) in [6.07, 6.45) is -12.3. The Morgan fingerprint density at radius 1 is 1.08 bits per heavy atom. The molecular weight excluding hydrogens is 202 g/mol. The highest BCUT2D eigenvalue weighted by molar-refractivity contribution is 4.66. The normalized spacial score (nSPS) is 15.9. The van der Waals surface area contributed by atoms with Crippen LogP contribution in [0.25, 0.3) is 0 Å². The lowest BCUT2D eigenvalue weighted by molar-refractivity contribution is -0.255. The quantitative estimate of drug-likeness (QED) is 0.651. The fraction of sp³-hybridized carbons (Fsp3) is 1.00. The third-order valence-electron chi connectivity index (χ3n) is 1.18. The summed E-state index contributed by atoms with van der Waals surface area (Å²) in [5, 5.41) is 0. The van der Waals surface area contributed by atoms with Crippen LogP contribution in [0.15, 0.2) is 0 Å². The first-order valence-corrected chi connectivity index (χ1v) is 3.42. The van der Waals surface area contributed by atoms with Crippen molar-refractivity contribution in [2.24, 2.45) is 0 Å². The summed E-state index contributed by atoms with van der Waals surface area (Å²) >= 11 is 0. The van der Waals surface area contributed by atoms with Crippen molar-refractivity contribution in [2.45, 2.75) is 31.8 Å². The molecule has 0 saturated heterocycles. The van der Waals surface area contributed by atoms with Gasteiger partial charge in [0.05, 0.1) is 0 Å². The first-order chi connectivity index (χ1) is 5.67. The number of rotatable bonds is 3. The molecule has 0 aromatic carbocycles.